The van der Waals surface area contributed by atoms with Gasteiger partial charge < -0.3 is 10.6 Å². The lowest BCUT2D eigenvalue weighted by Gasteiger charge is -2.21. The Kier molecular flexibility index (Phi) is 3.16. The first-order valence-electron chi connectivity index (χ1n) is 4.95. The molecule has 1 amide bonds. The molecule has 0 aliphatic carbocycles. The van der Waals surface area contributed by atoms with Crippen LogP contribution in [0, 0.1) is 0 Å². The summed E-state index contributed by atoms with van der Waals surface area (Å²) in [5.41, 5.74) is 1.77. The van der Waals surface area contributed by atoms with Gasteiger partial charge in [0.05, 0.1) is 10.9 Å². The number of amides is 1. The predicted octanol–water partition coefficient (Wildman–Crippen LogP) is 2.01. The minimum atomic E-state index is -0.0328. The first kappa shape index (κ1) is 11.4. The van der Waals surface area contributed by atoms with Gasteiger partial charge in [0, 0.05) is 17.5 Å². The molecule has 0 aromatic heterocycles. The van der Waals surface area contributed by atoms with Gasteiger partial charge >= 0.3 is 0 Å². The maximum Gasteiger partial charge on any atom is 0.237 e. The fourth-order valence-electron chi connectivity index (χ4n) is 1.49. The van der Waals surface area contributed by atoms with Gasteiger partial charge in [0.25, 0.3) is 0 Å². The summed E-state index contributed by atoms with van der Waals surface area (Å²) < 4.78 is 0. The molecule has 2 rings (SSSR count). The number of benzene rings is 1. The Labute approximate surface area is 104 Å². The Hall–Kier alpha value is -1.07. The summed E-state index contributed by atoms with van der Waals surface area (Å²) >= 11 is 6.72. The molecule has 0 saturated heterocycles. The number of fused-ring (bicyclic) bond motifs is 1. The Bertz CT molecular complexity index is 459. The molecule has 16 heavy (non-hydrogen) atoms. The van der Waals surface area contributed by atoms with Crippen LogP contribution in [0.25, 0.3) is 0 Å². The van der Waals surface area contributed by atoms with Gasteiger partial charge in [0.1, 0.15) is 4.99 Å². The molecule has 0 bridgehead atoms. The third-order valence-electron chi connectivity index (χ3n) is 2.40. The van der Waals surface area contributed by atoms with Crippen molar-refractivity contribution in [2.45, 2.75) is 17.1 Å². The standard InChI is InChI=1S/C11H12N2OS2/c1-6-10(14)13-8-5-7(11(15)12-2)3-4-9(8)16-6/h3-6H,1-2H3,(H,12,15)(H,13,14). The maximum absolute atomic E-state index is 11.5. The van der Waals surface area contributed by atoms with Gasteiger partial charge in [0.15, 0.2) is 0 Å². The van der Waals surface area contributed by atoms with Crippen molar-refractivity contribution >= 4 is 40.6 Å². The minimum Gasteiger partial charge on any atom is -0.379 e. The lowest BCUT2D eigenvalue weighted by Crippen LogP contribution is -2.27. The summed E-state index contributed by atoms with van der Waals surface area (Å²) in [6.45, 7) is 1.90. The molecule has 1 aliphatic heterocycles. The zero-order chi connectivity index (χ0) is 11.7. The van der Waals surface area contributed by atoms with E-state index in [1.807, 2.05) is 25.1 Å². The highest BCUT2D eigenvalue weighted by atomic mass is 32.2. The van der Waals surface area contributed by atoms with Crippen LogP contribution in [0.5, 0.6) is 0 Å². The second-order valence-corrected chi connectivity index (χ2v) is 5.33. The van der Waals surface area contributed by atoms with Crippen molar-refractivity contribution < 1.29 is 4.79 Å². The van der Waals surface area contributed by atoms with E-state index >= 15 is 0 Å². The quantitative estimate of drug-likeness (QED) is 0.750. The average molecular weight is 252 g/mol. The molecule has 1 unspecified atom stereocenters. The van der Waals surface area contributed by atoms with E-state index in [-0.39, 0.29) is 11.2 Å². The number of thiocarbonyl (C=S) groups is 1. The van der Waals surface area contributed by atoms with Gasteiger partial charge in [0.2, 0.25) is 5.91 Å². The fraction of sp³-hybridized carbons (Fsp3) is 0.273. The Morgan fingerprint density at radius 3 is 3.00 bits per heavy atom. The van der Waals surface area contributed by atoms with Crippen molar-refractivity contribution in [3.8, 4) is 0 Å². The summed E-state index contributed by atoms with van der Waals surface area (Å²) in [6.07, 6.45) is 0. The molecule has 84 valence electrons. The van der Waals surface area contributed by atoms with E-state index in [1.54, 1.807) is 18.8 Å². The Morgan fingerprint density at radius 2 is 2.31 bits per heavy atom. The summed E-state index contributed by atoms with van der Waals surface area (Å²) in [6, 6.07) is 5.87. The third kappa shape index (κ3) is 2.05. The van der Waals surface area contributed by atoms with E-state index in [2.05, 4.69) is 10.6 Å². The van der Waals surface area contributed by atoms with E-state index in [0.29, 0.717) is 4.99 Å². The van der Waals surface area contributed by atoms with Gasteiger partial charge in [-0.3, -0.25) is 4.79 Å². The van der Waals surface area contributed by atoms with Crippen LogP contribution in [-0.4, -0.2) is 23.2 Å². The number of hydrogen-bond donors (Lipinski definition) is 2. The lowest BCUT2D eigenvalue weighted by molar-refractivity contribution is -0.115. The molecular formula is C11H12N2OS2. The van der Waals surface area contributed by atoms with Crippen LogP contribution >= 0.6 is 24.0 Å². The van der Waals surface area contributed by atoms with Crippen molar-refractivity contribution in [3.05, 3.63) is 23.8 Å². The van der Waals surface area contributed by atoms with Crippen LogP contribution in [0.15, 0.2) is 23.1 Å². The molecule has 1 atom stereocenters. The molecule has 0 radical (unpaired) electrons. The molecule has 0 fully saturated rings. The Morgan fingerprint density at radius 1 is 1.56 bits per heavy atom. The van der Waals surface area contributed by atoms with Gasteiger partial charge in [-0.1, -0.05) is 18.3 Å². The highest BCUT2D eigenvalue weighted by Gasteiger charge is 2.23. The lowest BCUT2D eigenvalue weighted by atomic mass is 10.2. The van der Waals surface area contributed by atoms with Gasteiger partial charge in [-0.25, -0.2) is 0 Å². The molecule has 5 heteroatoms. The van der Waals surface area contributed by atoms with Crippen LogP contribution in [0.3, 0.4) is 0 Å². The predicted molar refractivity (Wildman–Crippen MR) is 71.2 cm³/mol. The number of carbonyl (C=O) groups is 1. The van der Waals surface area contributed by atoms with E-state index in [1.165, 1.54) is 0 Å². The average Bonchev–Trinajstić information content (AvgIpc) is 2.29. The smallest absolute Gasteiger partial charge is 0.237 e. The molecule has 3 nitrogen and oxygen atoms in total. The van der Waals surface area contributed by atoms with Crippen molar-refractivity contribution in [1.29, 1.82) is 0 Å². The molecule has 0 spiro atoms. The van der Waals surface area contributed by atoms with Crippen molar-refractivity contribution in [2.75, 3.05) is 12.4 Å². The van der Waals surface area contributed by atoms with E-state index < -0.39 is 0 Å². The number of rotatable bonds is 1. The topological polar surface area (TPSA) is 41.1 Å². The monoisotopic (exact) mass is 252 g/mol. The number of anilines is 1. The third-order valence-corrected chi connectivity index (χ3v) is 4.02. The maximum atomic E-state index is 11.5. The molecule has 1 aromatic rings. The van der Waals surface area contributed by atoms with E-state index in [0.717, 1.165) is 16.1 Å². The summed E-state index contributed by atoms with van der Waals surface area (Å²) in [7, 11) is 1.79. The highest BCUT2D eigenvalue weighted by Crippen LogP contribution is 2.35. The molecule has 1 aliphatic rings. The van der Waals surface area contributed by atoms with E-state index in [4.69, 9.17) is 12.2 Å². The van der Waals surface area contributed by atoms with Gasteiger partial charge in [-0.05, 0) is 19.1 Å². The van der Waals surface area contributed by atoms with Crippen LogP contribution in [0.1, 0.15) is 12.5 Å². The first-order chi connectivity index (χ1) is 7.61. The summed E-state index contributed by atoms with van der Waals surface area (Å²) in [4.78, 5) is 13.3. The van der Waals surface area contributed by atoms with Gasteiger partial charge in [-0.2, -0.15) is 0 Å². The molecule has 2 N–H and O–H groups in total. The van der Waals surface area contributed by atoms with Crippen LogP contribution < -0.4 is 10.6 Å². The summed E-state index contributed by atoms with van der Waals surface area (Å²) in [5, 5.41) is 5.77. The Balaban J connectivity index is 2.36. The van der Waals surface area contributed by atoms with Crippen molar-refractivity contribution in [2.24, 2.45) is 0 Å². The van der Waals surface area contributed by atoms with Crippen LogP contribution in [0.2, 0.25) is 0 Å². The second kappa shape index (κ2) is 4.43. The largest absolute Gasteiger partial charge is 0.379 e. The number of nitrogens with one attached hydrogen (secondary N) is 2. The van der Waals surface area contributed by atoms with Crippen molar-refractivity contribution in [3.63, 3.8) is 0 Å². The highest BCUT2D eigenvalue weighted by molar-refractivity contribution is 8.01. The van der Waals surface area contributed by atoms with Crippen LogP contribution in [-0.2, 0) is 4.79 Å². The second-order valence-electron chi connectivity index (χ2n) is 3.54. The van der Waals surface area contributed by atoms with Crippen LogP contribution in [0.4, 0.5) is 5.69 Å². The number of thioether (sulfide) groups is 1. The fourth-order valence-corrected chi connectivity index (χ4v) is 2.55. The number of carbonyl (C=O) groups excluding carboxylic acids is 1. The summed E-state index contributed by atoms with van der Waals surface area (Å²) in [5.74, 6) is 0.0463. The zero-order valence-electron chi connectivity index (χ0n) is 9.03. The first-order valence-corrected chi connectivity index (χ1v) is 6.24. The SMILES string of the molecule is CNC(=S)c1ccc2c(c1)NC(=O)C(C)S2. The van der Waals surface area contributed by atoms with E-state index in [9.17, 15) is 4.79 Å². The molecular weight excluding hydrogens is 240 g/mol. The van der Waals surface area contributed by atoms with Gasteiger partial charge in [-0.15, -0.1) is 11.8 Å². The molecule has 0 saturated carbocycles. The minimum absolute atomic E-state index is 0.0328. The molecule has 1 heterocycles. The normalized spacial score (nSPS) is 18.6. The zero-order valence-corrected chi connectivity index (χ0v) is 10.7. The van der Waals surface area contributed by atoms with Crippen molar-refractivity contribution in [1.82, 2.24) is 5.32 Å². The number of hydrogen-bond acceptors (Lipinski definition) is 3. The molecule has 1 aromatic carbocycles.